The van der Waals surface area contributed by atoms with Gasteiger partial charge in [0.15, 0.2) is 0 Å². The molecule has 0 bridgehead atoms. The van der Waals surface area contributed by atoms with Crippen molar-refractivity contribution in [3.05, 3.63) is 94.6 Å². The molecule has 210 valence electrons. The zero-order valence-corrected chi connectivity index (χ0v) is 24.1. The first-order valence-corrected chi connectivity index (χ1v) is 13.3. The Labute approximate surface area is 236 Å². The van der Waals surface area contributed by atoms with Gasteiger partial charge in [-0.15, -0.1) is 0 Å². The lowest BCUT2D eigenvalue weighted by Gasteiger charge is -2.26. The van der Waals surface area contributed by atoms with Gasteiger partial charge in [-0.2, -0.15) is 0 Å². The number of carbonyl (C=O) groups excluding carboxylic acids is 2. The molecule has 1 amide bonds. The number of carbonyl (C=O) groups is 2. The van der Waals surface area contributed by atoms with Gasteiger partial charge in [0.2, 0.25) is 0 Å². The van der Waals surface area contributed by atoms with Gasteiger partial charge in [-0.1, -0.05) is 51.1 Å². The molecule has 1 heterocycles. The highest BCUT2D eigenvalue weighted by atomic mass is 16.5. The molecule has 1 saturated heterocycles. The molecule has 3 aromatic rings. The number of aliphatic hydroxyl groups is 1. The molecule has 7 heteroatoms. The van der Waals surface area contributed by atoms with Crippen LogP contribution in [0.4, 0.5) is 0 Å². The van der Waals surface area contributed by atoms with Crippen LogP contribution in [-0.2, 0) is 21.5 Å². The fourth-order valence-electron chi connectivity index (χ4n) is 4.86. The molecule has 1 fully saturated rings. The molecule has 4 rings (SSSR count). The van der Waals surface area contributed by atoms with Crippen LogP contribution in [0.1, 0.15) is 62.9 Å². The number of likely N-dealkylation sites (tertiary alicyclic amines) is 1. The Hall–Kier alpha value is -4.26. The van der Waals surface area contributed by atoms with Crippen LogP contribution >= 0.6 is 0 Å². The lowest BCUT2D eigenvalue weighted by molar-refractivity contribution is -0.140. The molecule has 7 nitrogen and oxygen atoms in total. The maximum absolute atomic E-state index is 13.6. The first kappa shape index (κ1) is 28.7. The van der Waals surface area contributed by atoms with E-state index in [0.29, 0.717) is 28.4 Å². The summed E-state index contributed by atoms with van der Waals surface area (Å²) in [7, 11) is 3.08. The standard InChI is InChI=1S/C33H37NO6/c1-20(2)40-24-14-11-22(12-15-24)29-28(30(35)26-18-23(33(3,4)5)13-16-27(26)39-7)31(36)32(37)34(29)19-21-9-8-10-25(17-21)38-6/h8-18,20,29,35H,19H2,1-7H3/b30-28+. The summed E-state index contributed by atoms with van der Waals surface area (Å²) in [6.07, 6.45) is -0.00731. The lowest BCUT2D eigenvalue weighted by Crippen LogP contribution is -2.29. The van der Waals surface area contributed by atoms with Crippen molar-refractivity contribution < 1.29 is 28.9 Å². The van der Waals surface area contributed by atoms with Crippen molar-refractivity contribution >= 4 is 17.4 Å². The van der Waals surface area contributed by atoms with E-state index in [1.54, 1.807) is 13.2 Å². The Balaban J connectivity index is 1.90. The largest absolute Gasteiger partial charge is 0.507 e. The van der Waals surface area contributed by atoms with E-state index in [0.717, 1.165) is 11.1 Å². The highest BCUT2D eigenvalue weighted by Gasteiger charge is 2.46. The maximum atomic E-state index is 13.6. The number of ether oxygens (including phenoxy) is 3. The highest BCUT2D eigenvalue weighted by Crippen LogP contribution is 2.43. The first-order chi connectivity index (χ1) is 18.9. The number of ketones is 1. The maximum Gasteiger partial charge on any atom is 0.295 e. The fraction of sp³-hybridized carbons (Fsp3) is 0.333. The summed E-state index contributed by atoms with van der Waals surface area (Å²) >= 11 is 0. The number of nitrogens with zero attached hydrogens (tertiary/aromatic N) is 1. The summed E-state index contributed by atoms with van der Waals surface area (Å²) in [5.41, 5.74) is 2.57. The smallest absolute Gasteiger partial charge is 0.295 e. The molecule has 1 aliphatic heterocycles. The number of aliphatic hydroxyl groups excluding tert-OH is 1. The minimum Gasteiger partial charge on any atom is -0.507 e. The van der Waals surface area contributed by atoms with E-state index in [1.807, 2.05) is 74.5 Å². The number of benzene rings is 3. The highest BCUT2D eigenvalue weighted by molar-refractivity contribution is 6.46. The molecule has 0 radical (unpaired) electrons. The van der Waals surface area contributed by atoms with Crippen molar-refractivity contribution in [3.63, 3.8) is 0 Å². The molecule has 1 aliphatic rings. The molecule has 1 N–H and O–H groups in total. The van der Waals surface area contributed by atoms with E-state index in [9.17, 15) is 14.7 Å². The Kier molecular flexibility index (Phi) is 8.24. The summed E-state index contributed by atoms with van der Waals surface area (Å²) < 4.78 is 16.7. The van der Waals surface area contributed by atoms with Gasteiger partial charge in [0.05, 0.1) is 37.5 Å². The van der Waals surface area contributed by atoms with Crippen molar-refractivity contribution in [1.82, 2.24) is 4.90 Å². The Bertz CT molecular complexity index is 1430. The Morgan fingerprint density at radius 3 is 2.23 bits per heavy atom. The van der Waals surface area contributed by atoms with Crippen LogP contribution in [0.25, 0.3) is 5.76 Å². The third kappa shape index (κ3) is 5.83. The van der Waals surface area contributed by atoms with Gasteiger partial charge in [-0.25, -0.2) is 0 Å². The van der Waals surface area contributed by atoms with Crippen molar-refractivity contribution in [2.75, 3.05) is 14.2 Å². The van der Waals surface area contributed by atoms with E-state index < -0.39 is 17.7 Å². The predicted molar refractivity (Wildman–Crippen MR) is 155 cm³/mol. The van der Waals surface area contributed by atoms with Crippen molar-refractivity contribution in [1.29, 1.82) is 0 Å². The molecule has 0 aromatic heterocycles. The summed E-state index contributed by atoms with van der Waals surface area (Å²) in [5, 5.41) is 11.7. The van der Waals surface area contributed by atoms with Crippen LogP contribution in [0.2, 0.25) is 0 Å². The van der Waals surface area contributed by atoms with Gasteiger partial charge >= 0.3 is 0 Å². The molecule has 0 saturated carbocycles. The average molecular weight is 544 g/mol. The second kappa shape index (κ2) is 11.5. The molecular formula is C33H37NO6. The molecule has 0 spiro atoms. The van der Waals surface area contributed by atoms with E-state index in [2.05, 4.69) is 20.8 Å². The van der Waals surface area contributed by atoms with E-state index in [4.69, 9.17) is 14.2 Å². The van der Waals surface area contributed by atoms with Crippen LogP contribution < -0.4 is 14.2 Å². The minimum absolute atomic E-state index is 0.00731. The van der Waals surface area contributed by atoms with E-state index >= 15 is 0 Å². The number of hydrogen-bond donors (Lipinski definition) is 1. The van der Waals surface area contributed by atoms with Crippen LogP contribution in [-0.4, -0.2) is 42.0 Å². The van der Waals surface area contributed by atoms with Crippen molar-refractivity contribution in [2.45, 2.75) is 58.7 Å². The zero-order chi connectivity index (χ0) is 29.2. The number of rotatable bonds is 8. The SMILES string of the molecule is COc1cccc(CN2C(=O)C(=O)/C(=C(/O)c3cc(C(C)(C)C)ccc3OC)C2c2ccc(OC(C)C)cc2)c1. The van der Waals surface area contributed by atoms with Gasteiger partial charge in [0.1, 0.15) is 23.0 Å². The molecule has 1 unspecified atom stereocenters. The average Bonchev–Trinajstić information content (AvgIpc) is 3.17. The monoisotopic (exact) mass is 543 g/mol. The number of amides is 1. The van der Waals surface area contributed by atoms with Gasteiger partial charge < -0.3 is 24.2 Å². The summed E-state index contributed by atoms with van der Waals surface area (Å²) in [6, 6.07) is 19.3. The van der Waals surface area contributed by atoms with E-state index in [-0.39, 0.29) is 29.4 Å². The van der Waals surface area contributed by atoms with Crippen LogP contribution in [0.15, 0.2) is 72.3 Å². The third-order valence-corrected chi connectivity index (χ3v) is 6.92. The normalized spacial score (nSPS) is 16.9. The van der Waals surface area contributed by atoms with Crippen LogP contribution in [0.3, 0.4) is 0 Å². The molecule has 40 heavy (non-hydrogen) atoms. The number of hydrogen-bond acceptors (Lipinski definition) is 6. The summed E-state index contributed by atoms with van der Waals surface area (Å²) in [4.78, 5) is 28.6. The molecule has 0 aliphatic carbocycles. The third-order valence-electron chi connectivity index (χ3n) is 6.92. The predicted octanol–water partition coefficient (Wildman–Crippen LogP) is 6.41. The van der Waals surface area contributed by atoms with Crippen molar-refractivity contribution in [3.8, 4) is 17.2 Å². The second-order valence-electron chi connectivity index (χ2n) is 11.2. The molecular weight excluding hydrogens is 506 g/mol. The summed E-state index contributed by atoms with van der Waals surface area (Å²) in [6.45, 7) is 10.2. The van der Waals surface area contributed by atoms with Crippen LogP contribution in [0.5, 0.6) is 17.2 Å². The second-order valence-corrected chi connectivity index (χ2v) is 11.2. The van der Waals surface area contributed by atoms with E-state index in [1.165, 1.54) is 12.0 Å². The topological polar surface area (TPSA) is 85.3 Å². The molecule has 3 aromatic carbocycles. The van der Waals surface area contributed by atoms with Crippen molar-refractivity contribution in [2.24, 2.45) is 0 Å². The summed E-state index contributed by atoms with van der Waals surface area (Å²) in [5.74, 6) is -0.00240. The van der Waals surface area contributed by atoms with Gasteiger partial charge in [-0.05, 0) is 72.4 Å². The Morgan fingerprint density at radius 2 is 1.62 bits per heavy atom. The zero-order valence-electron chi connectivity index (χ0n) is 24.1. The minimum atomic E-state index is -0.831. The van der Waals surface area contributed by atoms with Gasteiger partial charge in [0.25, 0.3) is 11.7 Å². The molecule has 1 atom stereocenters. The number of Topliss-reactive ketones (excluding diaryl/α,β-unsaturated/α-hetero) is 1. The number of methoxy groups -OCH3 is 2. The first-order valence-electron chi connectivity index (χ1n) is 13.3. The van der Waals surface area contributed by atoms with Gasteiger partial charge in [0, 0.05) is 6.54 Å². The Morgan fingerprint density at radius 1 is 0.925 bits per heavy atom. The van der Waals surface area contributed by atoms with Crippen LogP contribution in [0, 0.1) is 0 Å². The lowest BCUT2D eigenvalue weighted by atomic mass is 9.85. The van der Waals surface area contributed by atoms with Gasteiger partial charge in [-0.3, -0.25) is 9.59 Å². The quantitative estimate of drug-likeness (QED) is 0.201. The fourth-order valence-corrected chi connectivity index (χ4v) is 4.86.